The van der Waals surface area contributed by atoms with Crippen LogP contribution in [0, 0.1) is 5.92 Å². The predicted molar refractivity (Wildman–Crippen MR) is 65.0 cm³/mol. The summed E-state index contributed by atoms with van der Waals surface area (Å²) in [6.07, 6.45) is 5.82. The first-order valence-electron chi connectivity index (χ1n) is 6.52. The van der Waals surface area contributed by atoms with Crippen LogP contribution in [0.2, 0.25) is 0 Å². The van der Waals surface area contributed by atoms with E-state index < -0.39 is 5.60 Å². The van der Waals surface area contributed by atoms with Crippen molar-refractivity contribution in [1.82, 2.24) is 4.90 Å². The zero-order chi connectivity index (χ0) is 11.3. The van der Waals surface area contributed by atoms with Gasteiger partial charge in [0.25, 0.3) is 0 Å². The summed E-state index contributed by atoms with van der Waals surface area (Å²) in [5.74, 6) is 0.896. The third-order valence-corrected chi connectivity index (χ3v) is 3.94. The van der Waals surface area contributed by atoms with Crippen LogP contribution in [0.25, 0.3) is 0 Å². The number of aliphatic hydroxyl groups is 1. The Morgan fingerprint density at radius 3 is 2.20 bits per heavy atom. The third-order valence-electron chi connectivity index (χ3n) is 3.94. The molecule has 90 valence electrons. The van der Waals surface area contributed by atoms with Crippen LogP contribution in [0.15, 0.2) is 0 Å². The van der Waals surface area contributed by atoms with E-state index in [1.807, 2.05) is 6.92 Å². The average Bonchev–Trinajstić information content (AvgIpc) is 2.21. The largest absolute Gasteiger partial charge is 0.390 e. The maximum Gasteiger partial charge on any atom is 0.0644 e. The molecule has 0 aromatic heterocycles. The average molecular weight is 213 g/mol. The van der Waals surface area contributed by atoms with E-state index in [9.17, 15) is 5.11 Å². The summed E-state index contributed by atoms with van der Waals surface area (Å²) in [5, 5.41) is 9.84. The highest BCUT2D eigenvalue weighted by Crippen LogP contribution is 2.22. The lowest BCUT2D eigenvalue weighted by Gasteiger charge is -2.36. The summed E-state index contributed by atoms with van der Waals surface area (Å²) >= 11 is 0. The minimum absolute atomic E-state index is 0.397. The molecule has 1 fully saturated rings. The predicted octanol–water partition coefficient (Wildman–Crippen LogP) is 2.66. The first kappa shape index (κ1) is 13.0. The lowest BCUT2D eigenvalue weighted by molar-refractivity contribution is -0.00638. The van der Waals surface area contributed by atoms with Gasteiger partial charge in [0.1, 0.15) is 0 Å². The fourth-order valence-electron chi connectivity index (χ4n) is 2.32. The van der Waals surface area contributed by atoms with E-state index in [2.05, 4.69) is 18.7 Å². The molecule has 0 aromatic rings. The van der Waals surface area contributed by atoms with Crippen LogP contribution in [0.1, 0.15) is 52.9 Å². The van der Waals surface area contributed by atoms with Gasteiger partial charge < -0.3 is 10.0 Å². The highest BCUT2D eigenvalue weighted by molar-refractivity contribution is 4.81. The lowest BCUT2D eigenvalue weighted by Crippen LogP contribution is -2.42. The number of hydrogen-bond acceptors (Lipinski definition) is 2. The molecule has 15 heavy (non-hydrogen) atoms. The van der Waals surface area contributed by atoms with Gasteiger partial charge >= 0.3 is 0 Å². The molecule has 1 N–H and O–H groups in total. The van der Waals surface area contributed by atoms with Gasteiger partial charge in [-0.15, -0.1) is 0 Å². The first-order valence-corrected chi connectivity index (χ1v) is 6.52. The van der Waals surface area contributed by atoms with Crippen molar-refractivity contribution in [2.45, 2.75) is 58.5 Å². The Morgan fingerprint density at radius 1 is 1.20 bits per heavy atom. The summed E-state index contributed by atoms with van der Waals surface area (Å²) in [7, 11) is 0. The van der Waals surface area contributed by atoms with Crippen LogP contribution in [-0.4, -0.2) is 35.2 Å². The second-order valence-corrected chi connectivity index (χ2v) is 5.31. The van der Waals surface area contributed by atoms with Crippen molar-refractivity contribution >= 4 is 0 Å². The van der Waals surface area contributed by atoms with E-state index >= 15 is 0 Å². The van der Waals surface area contributed by atoms with Crippen LogP contribution in [0.3, 0.4) is 0 Å². The maximum absolute atomic E-state index is 9.84. The normalized spacial score (nSPS) is 22.2. The number of nitrogens with zero attached hydrogens (tertiary/aromatic N) is 1. The Hall–Kier alpha value is -0.0800. The summed E-state index contributed by atoms with van der Waals surface area (Å²) in [6, 6.07) is 0. The number of likely N-dealkylation sites (tertiary alicyclic amines) is 1. The molecule has 0 radical (unpaired) electrons. The van der Waals surface area contributed by atoms with Gasteiger partial charge in [-0.25, -0.2) is 0 Å². The number of hydrogen-bond donors (Lipinski definition) is 1. The van der Waals surface area contributed by atoms with Crippen LogP contribution in [0.5, 0.6) is 0 Å². The summed E-state index contributed by atoms with van der Waals surface area (Å²) in [6.45, 7) is 9.91. The van der Waals surface area contributed by atoms with Crippen LogP contribution in [0.4, 0.5) is 0 Å². The Balaban J connectivity index is 2.18. The van der Waals surface area contributed by atoms with Crippen molar-refractivity contribution in [3.63, 3.8) is 0 Å². The molecule has 1 aliphatic rings. The van der Waals surface area contributed by atoms with Gasteiger partial charge in [0.2, 0.25) is 0 Å². The molecule has 1 heterocycles. The van der Waals surface area contributed by atoms with Crippen molar-refractivity contribution in [3.8, 4) is 0 Å². The second kappa shape index (κ2) is 5.86. The van der Waals surface area contributed by atoms with Gasteiger partial charge in [-0.05, 0) is 38.6 Å². The van der Waals surface area contributed by atoms with Crippen LogP contribution < -0.4 is 0 Å². The summed E-state index contributed by atoms with van der Waals surface area (Å²) in [5.41, 5.74) is -0.397. The van der Waals surface area contributed by atoms with Crippen molar-refractivity contribution in [1.29, 1.82) is 0 Å². The minimum atomic E-state index is -0.397. The van der Waals surface area contributed by atoms with Gasteiger partial charge in [-0.1, -0.05) is 26.7 Å². The number of piperidine rings is 1. The van der Waals surface area contributed by atoms with Crippen molar-refractivity contribution in [2.24, 2.45) is 5.92 Å². The molecule has 0 amide bonds. The molecule has 1 aliphatic heterocycles. The molecule has 0 aliphatic carbocycles. The van der Waals surface area contributed by atoms with Crippen LogP contribution >= 0.6 is 0 Å². The Morgan fingerprint density at radius 2 is 1.73 bits per heavy atom. The SMILES string of the molecule is CCC(CC)CCN1CCC(C)(O)CC1. The molecule has 0 spiro atoms. The van der Waals surface area contributed by atoms with Gasteiger partial charge in [0.15, 0.2) is 0 Å². The molecule has 0 aromatic carbocycles. The highest BCUT2D eigenvalue weighted by atomic mass is 16.3. The Kier molecular flexibility index (Phi) is 5.07. The molecule has 0 bridgehead atoms. The van der Waals surface area contributed by atoms with Crippen molar-refractivity contribution in [2.75, 3.05) is 19.6 Å². The first-order chi connectivity index (χ1) is 7.07. The third kappa shape index (κ3) is 4.52. The molecule has 0 unspecified atom stereocenters. The zero-order valence-corrected chi connectivity index (χ0v) is 10.6. The van der Waals surface area contributed by atoms with E-state index in [1.165, 1.54) is 25.8 Å². The van der Waals surface area contributed by atoms with Gasteiger partial charge in [-0.2, -0.15) is 0 Å². The van der Waals surface area contributed by atoms with Gasteiger partial charge in [0, 0.05) is 13.1 Å². The van der Waals surface area contributed by atoms with E-state index in [0.717, 1.165) is 31.8 Å². The lowest BCUT2D eigenvalue weighted by atomic mass is 9.93. The van der Waals surface area contributed by atoms with Gasteiger partial charge in [-0.3, -0.25) is 0 Å². The van der Waals surface area contributed by atoms with Crippen molar-refractivity contribution in [3.05, 3.63) is 0 Å². The smallest absolute Gasteiger partial charge is 0.0644 e. The zero-order valence-electron chi connectivity index (χ0n) is 10.6. The van der Waals surface area contributed by atoms with Crippen molar-refractivity contribution < 1.29 is 5.11 Å². The van der Waals surface area contributed by atoms with E-state index in [4.69, 9.17) is 0 Å². The topological polar surface area (TPSA) is 23.5 Å². The molecular formula is C13H27NO. The van der Waals surface area contributed by atoms with Crippen LogP contribution in [-0.2, 0) is 0 Å². The van der Waals surface area contributed by atoms with Gasteiger partial charge in [0.05, 0.1) is 5.60 Å². The van der Waals surface area contributed by atoms with E-state index in [-0.39, 0.29) is 0 Å². The fourth-order valence-corrected chi connectivity index (χ4v) is 2.32. The standard InChI is InChI=1S/C13H27NO/c1-4-12(5-2)6-9-14-10-7-13(3,15)8-11-14/h12,15H,4-11H2,1-3H3. The Bertz CT molecular complexity index is 165. The summed E-state index contributed by atoms with van der Waals surface area (Å²) in [4.78, 5) is 2.51. The monoisotopic (exact) mass is 213 g/mol. The highest BCUT2D eigenvalue weighted by Gasteiger charge is 2.26. The Labute approximate surface area is 94.7 Å². The molecule has 1 saturated heterocycles. The minimum Gasteiger partial charge on any atom is -0.390 e. The quantitative estimate of drug-likeness (QED) is 0.759. The molecule has 1 rings (SSSR count). The second-order valence-electron chi connectivity index (χ2n) is 5.31. The molecule has 0 saturated carbocycles. The fraction of sp³-hybridized carbons (Fsp3) is 1.00. The van der Waals surface area contributed by atoms with E-state index in [1.54, 1.807) is 0 Å². The number of rotatable bonds is 5. The molecule has 2 nitrogen and oxygen atoms in total. The maximum atomic E-state index is 9.84. The van der Waals surface area contributed by atoms with E-state index in [0.29, 0.717) is 0 Å². The molecule has 0 atom stereocenters. The molecular weight excluding hydrogens is 186 g/mol. The summed E-state index contributed by atoms with van der Waals surface area (Å²) < 4.78 is 0. The molecule has 2 heteroatoms.